The van der Waals surface area contributed by atoms with E-state index in [-0.39, 0.29) is 16.4 Å². The van der Waals surface area contributed by atoms with Gasteiger partial charge in [0.2, 0.25) is 5.91 Å². The van der Waals surface area contributed by atoms with Crippen LogP contribution in [-0.2, 0) is 14.6 Å². The topological polar surface area (TPSA) is 63.2 Å². The van der Waals surface area contributed by atoms with Crippen LogP contribution in [0.2, 0.25) is 5.02 Å². The quantitative estimate of drug-likeness (QED) is 0.823. The first-order valence-corrected chi connectivity index (χ1v) is 11.6. The number of nitrogens with one attached hydrogen (secondary N) is 1. The number of amides is 1. The van der Waals surface area contributed by atoms with E-state index < -0.39 is 21.5 Å². The van der Waals surface area contributed by atoms with Crippen molar-refractivity contribution in [1.82, 2.24) is 5.32 Å². The second-order valence-electron chi connectivity index (χ2n) is 8.78. The lowest BCUT2D eigenvalue weighted by Gasteiger charge is -2.59. The number of sulfone groups is 1. The Balaban J connectivity index is 1.42. The van der Waals surface area contributed by atoms with Crippen molar-refractivity contribution in [3.05, 3.63) is 29.3 Å². The second kappa shape index (κ2) is 6.52. The van der Waals surface area contributed by atoms with Crippen LogP contribution >= 0.6 is 11.6 Å². The van der Waals surface area contributed by atoms with Gasteiger partial charge in [-0.3, -0.25) is 4.79 Å². The predicted octanol–water partition coefficient (Wildman–Crippen LogP) is 3.83. The van der Waals surface area contributed by atoms with Crippen molar-refractivity contribution in [2.75, 3.05) is 5.75 Å². The van der Waals surface area contributed by atoms with Crippen LogP contribution in [-0.4, -0.2) is 26.1 Å². The Hall–Kier alpha value is -1.07. The van der Waals surface area contributed by atoms with E-state index in [2.05, 4.69) is 12.2 Å². The zero-order valence-electron chi connectivity index (χ0n) is 15.1. The fourth-order valence-electron chi connectivity index (χ4n) is 6.04. The molecule has 0 aliphatic heterocycles. The molecule has 1 atom stereocenters. The second-order valence-corrected chi connectivity index (χ2v) is 11.2. The maximum atomic E-state index is 12.5. The Morgan fingerprint density at radius 2 is 1.62 bits per heavy atom. The molecule has 0 saturated heterocycles. The monoisotopic (exact) mass is 395 g/mol. The molecule has 4 fully saturated rings. The highest BCUT2D eigenvalue weighted by molar-refractivity contribution is 7.92. The van der Waals surface area contributed by atoms with Crippen molar-refractivity contribution in [3.63, 3.8) is 0 Å². The first-order valence-electron chi connectivity index (χ1n) is 9.53. The molecule has 1 amide bonds. The summed E-state index contributed by atoms with van der Waals surface area (Å²) in [5, 5.41) is 3.51. The van der Waals surface area contributed by atoms with Crippen molar-refractivity contribution in [2.24, 2.45) is 23.2 Å². The summed E-state index contributed by atoms with van der Waals surface area (Å²) in [4.78, 5) is 12.6. The van der Waals surface area contributed by atoms with Gasteiger partial charge in [-0.15, -0.1) is 0 Å². The SMILES string of the molecule is CC(NC(=O)CS(=O)(=O)c1ccc(Cl)cc1)C12CC3CC(CC(C3)C1)C2. The van der Waals surface area contributed by atoms with Gasteiger partial charge in [-0.1, -0.05) is 11.6 Å². The Labute approximate surface area is 160 Å². The summed E-state index contributed by atoms with van der Waals surface area (Å²) in [5.41, 5.74) is 0.175. The van der Waals surface area contributed by atoms with Crippen molar-refractivity contribution in [2.45, 2.75) is 56.4 Å². The van der Waals surface area contributed by atoms with Gasteiger partial charge in [0.15, 0.2) is 9.84 Å². The van der Waals surface area contributed by atoms with Gasteiger partial charge in [0, 0.05) is 11.1 Å². The van der Waals surface area contributed by atoms with Crippen LogP contribution in [0, 0.1) is 23.2 Å². The van der Waals surface area contributed by atoms with Gasteiger partial charge < -0.3 is 5.32 Å². The Morgan fingerprint density at radius 3 is 2.12 bits per heavy atom. The molecule has 5 rings (SSSR count). The summed E-state index contributed by atoms with van der Waals surface area (Å²) >= 11 is 5.81. The smallest absolute Gasteiger partial charge is 0.235 e. The van der Waals surface area contributed by atoms with Gasteiger partial charge in [0.05, 0.1) is 4.90 Å². The summed E-state index contributed by atoms with van der Waals surface area (Å²) in [6.07, 6.45) is 7.61. The van der Waals surface area contributed by atoms with Crippen LogP contribution in [0.25, 0.3) is 0 Å². The van der Waals surface area contributed by atoms with Gasteiger partial charge in [-0.05, 0) is 92.9 Å². The minimum absolute atomic E-state index is 0.0313. The highest BCUT2D eigenvalue weighted by atomic mass is 35.5. The molecule has 0 spiro atoms. The van der Waals surface area contributed by atoms with Crippen LogP contribution in [0.5, 0.6) is 0 Å². The molecule has 1 unspecified atom stereocenters. The number of carbonyl (C=O) groups is 1. The van der Waals surface area contributed by atoms with E-state index in [1.54, 1.807) is 0 Å². The summed E-state index contributed by atoms with van der Waals surface area (Å²) in [6, 6.07) is 6.00. The lowest BCUT2D eigenvalue weighted by atomic mass is 9.48. The van der Waals surface area contributed by atoms with E-state index in [1.807, 2.05) is 0 Å². The third-order valence-electron chi connectivity index (χ3n) is 6.88. The Morgan fingerprint density at radius 1 is 1.12 bits per heavy atom. The standard InChI is InChI=1S/C20H26ClNO3S/c1-13(20-9-14-6-15(10-20)8-16(7-14)11-20)22-19(23)12-26(24,25)18-4-2-17(21)3-5-18/h2-5,13-16H,6-12H2,1H3,(H,22,23). The largest absolute Gasteiger partial charge is 0.352 e. The van der Waals surface area contributed by atoms with Gasteiger partial charge in [0.25, 0.3) is 0 Å². The Bertz CT molecular complexity index is 768. The molecule has 1 aromatic rings. The molecule has 0 aromatic heterocycles. The highest BCUT2D eigenvalue weighted by Gasteiger charge is 2.53. The normalized spacial score (nSPS) is 33.8. The van der Waals surface area contributed by atoms with E-state index in [4.69, 9.17) is 11.6 Å². The van der Waals surface area contributed by atoms with Crippen LogP contribution in [0.3, 0.4) is 0 Å². The van der Waals surface area contributed by atoms with Crippen LogP contribution < -0.4 is 5.32 Å². The maximum Gasteiger partial charge on any atom is 0.235 e. The number of rotatable bonds is 5. The zero-order chi connectivity index (χ0) is 18.5. The number of carbonyl (C=O) groups excluding carboxylic acids is 1. The third-order valence-corrected chi connectivity index (χ3v) is 8.76. The molecular weight excluding hydrogens is 370 g/mol. The van der Waals surface area contributed by atoms with Crippen molar-refractivity contribution in [1.29, 1.82) is 0 Å². The molecule has 6 heteroatoms. The number of benzene rings is 1. The molecule has 26 heavy (non-hydrogen) atoms. The molecule has 1 N–H and O–H groups in total. The summed E-state index contributed by atoms with van der Waals surface area (Å²) in [5.74, 6) is 1.50. The van der Waals surface area contributed by atoms with Gasteiger partial charge >= 0.3 is 0 Å². The lowest BCUT2D eigenvalue weighted by molar-refractivity contribution is -0.123. The predicted molar refractivity (Wildman–Crippen MR) is 102 cm³/mol. The van der Waals surface area contributed by atoms with Gasteiger partial charge in [-0.25, -0.2) is 8.42 Å². The molecule has 1 aromatic carbocycles. The molecule has 4 aliphatic carbocycles. The number of hydrogen-bond donors (Lipinski definition) is 1. The molecular formula is C20H26ClNO3S. The maximum absolute atomic E-state index is 12.5. The lowest BCUT2D eigenvalue weighted by Crippen LogP contribution is -2.56. The Kier molecular flexibility index (Phi) is 4.59. The fourth-order valence-corrected chi connectivity index (χ4v) is 7.31. The zero-order valence-corrected chi connectivity index (χ0v) is 16.7. The number of hydrogen-bond acceptors (Lipinski definition) is 3. The first-order chi connectivity index (χ1) is 12.3. The summed E-state index contributed by atoms with van der Waals surface area (Å²) < 4.78 is 25.0. The third kappa shape index (κ3) is 3.40. The van der Waals surface area contributed by atoms with E-state index in [9.17, 15) is 13.2 Å². The van der Waals surface area contributed by atoms with Crippen LogP contribution in [0.4, 0.5) is 0 Å². The van der Waals surface area contributed by atoms with Crippen molar-refractivity contribution < 1.29 is 13.2 Å². The minimum atomic E-state index is -3.65. The van der Waals surface area contributed by atoms with E-state index >= 15 is 0 Å². The van der Waals surface area contributed by atoms with Gasteiger partial charge in [0.1, 0.15) is 5.75 Å². The average molecular weight is 396 g/mol. The summed E-state index contributed by atoms with van der Waals surface area (Å²) in [6.45, 7) is 2.07. The van der Waals surface area contributed by atoms with Crippen molar-refractivity contribution in [3.8, 4) is 0 Å². The minimum Gasteiger partial charge on any atom is -0.352 e. The molecule has 4 nitrogen and oxygen atoms in total. The highest BCUT2D eigenvalue weighted by Crippen LogP contribution is 2.61. The average Bonchev–Trinajstić information content (AvgIpc) is 2.53. The molecule has 4 saturated carbocycles. The molecule has 142 valence electrons. The van der Waals surface area contributed by atoms with Gasteiger partial charge in [-0.2, -0.15) is 0 Å². The first kappa shape index (κ1) is 18.3. The molecule has 0 heterocycles. The van der Waals surface area contributed by atoms with E-state index in [0.29, 0.717) is 5.02 Å². The fraction of sp³-hybridized carbons (Fsp3) is 0.650. The number of halogens is 1. The van der Waals surface area contributed by atoms with E-state index in [1.165, 1.54) is 62.8 Å². The molecule has 4 bridgehead atoms. The molecule has 4 aliphatic rings. The van der Waals surface area contributed by atoms with Crippen molar-refractivity contribution >= 4 is 27.3 Å². The molecule has 0 radical (unpaired) electrons. The van der Waals surface area contributed by atoms with Crippen LogP contribution in [0.1, 0.15) is 45.4 Å². The van der Waals surface area contributed by atoms with E-state index in [0.717, 1.165) is 17.8 Å². The summed E-state index contributed by atoms with van der Waals surface area (Å²) in [7, 11) is -3.65. The van der Waals surface area contributed by atoms with Crippen LogP contribution in [0.15, 0.2) is 29.2 Å².